The number of benzene rings is 7. The van der Waals surface area contributed by atoms with Crippen molar-refractivity contribution in [1.29, 1.82) is 10.5 Å². The molecule has 0 fully saturated rings. The Kier molecular flexibility index (Phi) is 9.10. The van der Waals surface area contributed by atoms with E-state index in [-0.39, 0.29) is 17.2 Å². The van der Waals surface area contributed by atoms with E-state index in [0.717, 1.165) is 21.9 Å². The van der Waals surface area contributed by atoms with Crippen LogP contribution in [0.1, 0.15) is 22.3 Å². The monoisotopic (exact) mass is 797 g/mol. The fourth-order valence-corrected chi connectivity index (χ4v) is 7.47. The molecule has 2 heterocycles. The van der Waals surface area contributed by atoms with E-state index in [2.05, 4.69) is 12.1 Å². The van der Waals surface area contributed by atoms with Gasteiger partial charge in [0.05, 0.1) is 68.0 Å². The van der Waals surface area contributed by atoms with Crippen LogP contribution in [-0.4, -0.2) is 15.0 Å². The lowest BCUT2D eigenvalue weighted by atomic mass is 9.90. The Bertz CT molecular complexity index is 3190. The second-order valence-electron chi connectivity index (χ2n) is 14.1. The van der Waals surface area contributed by atoms with Gasteiger partial charge in [-0.3, -0.25) is 0 Å². The van der Waals surface area contributed by atoms with E-state index in [4.69, 9.17) is 15.0 Å². The maximum absolute atomic E-state index is 13.8. The lowest BCUT2D eigenvalue weighted by Gasteiger charge is -2.18. The molecule has 7 aromatic carbocycles. The maximum atomic E-state index is 13.8. The number of nitriles is 2. The third-order valence-electron chi connectivity index (χ3n) is 10.3. The molecule has 0 atom stereocenters. The second kappa shape index (κ2) is 14.5. The highest BCUT2D eigenvalue weighted by molar-refractivity contribution is 6.25. The molecule has 5 nitrogen and oxygen atoms in total. The van der Waals surface area contributed by atoms with Crippen LogP contribution >= 0.6 is 0 Å². The van der Waals surface area contributed by atoms with Gasteiger partial charge in [-0.25, -0.2) is 15.0 Å². The zero-order chi connectivity index (χ0) is 41.8. The fraction of sp³-hybridized carbons (Fsp3) is 0.0408. The zero-order valence-electron chi connectivity index (χ0n) is 30.9. The van der Waals surface area contributed by atoms with Crippen molar-refractivity contribution in [3.63, 3.8) is 0 Å². The van der Waals surface area contributed by atoms with Crippen LogP contribution in [-0.2, 0) is 12.4 Å². The van der Waals surface area contributed by atoms with Gasteiger partial charge in [0.2, 0.25) is 0 Å². The van der Waals surface area contributed by atoms with E-state index in [1.165, 1.54) is 12.1 Å². The van der Waals surface area contributed by atoms with Gasteiger partial charge in [0.15, 0.2) is 0 Å². The molecule has 2 aromatic heterocycles. The molecule has 0 spiro atoms. The zero-order valence-corrected chi connectivity index (χ0v) is 30.9. The molecule has 0 N–H and O–H groups in total. The van der Waals surface area contributed by atoms with Gasteiger partial charge in [0, 0.05) is 32.8 Å². The predicted octanol–water partition coefficient (Wildman–Crippen LogP) is 13.4. The Labute approximate surface area is 338 Å². The van der Waals surface area contributed by atoms with Gasteiger partial charge >= 0.3 is 12.4 Å². The standard InChI is InChI=1S/C49H25F6N5/c50-48(51,52)36-22-35(23-37(24-36)49(53,54)55)30-18-20-32(21-19-30)44-43-42(38-8-4-5-9-40(38)58-44)39(31-6-2-1-3-7-31)25-41-47(43)60-46(34-16-12-29(27-57)13-17-34)45(59-41)33-14-10-28(26-56)11-15-33/h1-25H. The molecule has 288 valence electrons. The van der Waals surface area contributed by atoms with E-state index >= 15 is 0 Å². The van der Waals surface area contributed by atoms with Crippen molar-refractivity contribution >= 4 is 32.7 Å². The molecular weight excluding hydrogens is 773 g/mol. The first-order valence-corrected chi connectivity index (χ1v) is 18.4. The highest BCUT2D eigenvalue weighted by Crippen LogP contribution is 2.45. The van der Waals surface area contributed by atoms with Crippen LogP contribution in [0.3, 0.4) is 0 Å². The molecule has 9 aromatic rings. The molecule has 0 unspecified atom stereocenters. The molecule has 0 aliphatic rings. The first-order chi connectivity index (χ1) is 28.9. The van der Waals surface area contributed by atoms with Crippen molar-refractivity contribution in [2.75, 3.05) is 0 Å². The number of fused-ring (bicyclic) bond motifs is 5. The highest BCUT2D eigenvalue weighted by atomic mass is 19.4. The van der Waals surface area contributed by atoms with Crippen molar-refractivity contribution in [2.24, 2.45) is 0 Å². The summed E-state index contributed by atoms with van der Waals surface area (Å²) in [5, 5.41) is 21.3. The van der Waals surface area contributed by atoms with Crippen molar-refractivity contribution < 1.29 is 26.3 Å². The van der Waals surface area contributed by atoms with Crippen LogP contribution < -0.4 is 0 Å². The Hall–Kier alpha value is -7.89. The Balaban J connectivity index is 1.36. The van der Waals surface area contributed by atoms with E-state index in [1.54, 1.807) is 60.7 Å². The summed E-state index contributed by atoms with van der Waals surface area (Å²) in [6, 6.07) is 45.2. The molecule has 0 radical (unpaired) electrons. The number of halogens is 6. The van der Waals surface area contributed by atoms with Gasteiger partial charge in [-0.2, -0.15) is 36.9 Å². The second-order valence-corrected chi connectivity index (χ2v) is 14.1. The molecule has 0 bridgehead atoms. The first-order valence-electron chi connectivity index (χ1n) is 18.4. The summed E-state index contributed by atoms with van der Waals surface area (Å²) in [5.41, 5.74) is 4.70. The van der Waals surface area contributed by atoms with Crippen molar-refractivity contribution in [3.8, 4) is 68.2 Å². The number of para-hydroxylation sites is 1. The Morgan fingerprint density at radius 3 is 1.45 bits per heavy atom. The van der Waals surface area contributed by atoms with Gasteiger partial charge in [-0.15, -0.1) is 0 Å². The number of hydrogen-bond donors (Lipinski definition) is 0. The highest BCUT2D eigenvalue weighted by Gasteiger charge is 2.37. The molecular formula is C49H25F6N5. The van der Waals surface area contributed by atoms with E-state index < -0.39 is 23.5 Å². The minimum absolute atomic E-state index is 0.110. The van der Waals surface area contributed by atoms with Gasteiger partial charge in [-0.1, -0.05) is 97.1 Å². The number of nitrogens with zero attached hydrogens (tertiary/aromatic N) is 5. The SMILES string of the molecule is N#Cc1ccc(-c2nc3cc(-c4ccccc4)c4c5ccccc5nc(-c5ccc(-c6cc(C(F)(F)F)cc(C(F)(F)F)c6)cc5)c4c3nc2-c2ccc(C#N)cc2)cc1. The number of hydrogen-bond acceptors (Lipinski definition) is 5. The number of rotatable bonds is 5. The summed E-state index contributed by atoms with van der Waals surface area (Å²) >= 11 is 0. The van der Waals surface area contributed by atoms with Crippen LogP contribution in [0.5, 0.6) is 0 Å². The molecule has 0 aliphatic carbocycles. The maximum Gasteiger partial charge on any atom is 0.416 e. The summed E-state index contributed by atoms with van der Waals surface area (Å²) < 4.78 is 82.8. The molecule has 60 heavy (non-hydrogen) atoms. The molecule has 11 heteroatoms. The van der Waals surface area contributed by atoms with Crippen LogP contribution in [0.15, 0.2) is 152 Å². The lowest BCUT2D eigenvalue weighted by molar-refractivity contribution is -0.143. The minimum Gasteiger partial charge on any atom is -0.247 e. The fourth-order valence-electron chi connectivity index (χ4n) is 7.47. The van der Waals surface area contributed by atoms with E-state index in [1.807, 2.05) is 60.7 Å². The summed E-state index contributed by atoms with van der Waals surface area (Å²) in [4.78, 5) is 15.7. The summed E-state index contributed by atoms with van der Waals surface area (Å²) in [6.45, 7) is 0. The van der Waals surface area contributed by atoms with Gasteiger partial charge in [0.25, 0.3) is 0 Å². The number of aromatic nitrogens is 3. The smallest absolute Gasteiger partial charge is 0.247 e. The van der Waals surface area contributed by atoms with Gasteiger partial charge in [-0.05, 0) is 76.9 Å². The van der Waals surface area contributed by atoms with Gasteiger partial charge < -0.3 is 0 Å². The minimum atomic E-state index is -5.00. The predicted molar refractivity (Wildman–Crippen MR) is 219 cm³/mol. The van der Waals surface area contributed by atoms with Crippen LogP contribution in [0.25, 0.3) is 88.7 Å². The molecule has 0 saturated carbocycles. The summed E-state index contributed by atoms with van der Waals surface area (Å²) in [6.07, 6.45) is -10.0. The molecule has 0 saturated heterocycles. The summed E-state index contributed by atoms with van der Waals surface area (Å²) in [7, 11) is 0. The van der Waals surface area contributed by atoms with Crippen LogP contribution in [0, 0.1) is 22.7 Å². The van der Waals surface area contributed by atoms with Crippen LogP contribution in [0.2, 0.25) is 0 Å². The largest absolute Gasteiger partial charge is 0.416 e. The third kappa shape index (κ3) is 6.82. The Morgan fingerprint density at radius 2 is 0.883 bits per heavy atom. The van der Waals surface area contributed by atoms with Crippen molar-refractivity contribution in [2.45, 2.75) is 12.4 Å². The van der Waals surface area contributed by atoms with E-state index in [9.17, 15) is 36.9 Å². The van der Waals surface area contributed by atoms with Crippen molar-refractivity contribution in [3.05, 3.63) is 174 Å². The van der Waals surface area contributed by atoms with Gasteiger partial charge in [0.1, 0.15) is 0 Å². The topological polar surface area (TPSA) is 86.2 Å². The molecule has 0 aliphatic heterocycles. The molecule has 9 rings (SSSR count). The number of pyridine rings is 1. The average Bonchev–Trinajstić information content (AvgIpc) is 3.27. The number of alkyl halides is 6. The summed E-state index contributed by atoms with van der Waals surface area (Å²) in [5.74, 6) is 0. The van der Waals surface area contributed by atoms with Crippen LogP contribution in [0.4, 0.5) is 26.3 Å². The first kappa shape index (κ1) is 37.7. The average molecular weight is 798 g/mol. The van der Waals surface area contributed by atoms with E-state index in [0.29, 0.717) is 79.0 Å². The van der Waals surface area contributed by atoms with Crippen molar-refractivity contribution in [1.82, 2.24) is 15.0 Å². The quantitative estimate of drug-likeness (QED) is 0.128. The normalized spacial score (nSPS) is 11.8. The Morgan fingerprint density at radius 1 is 0.400 bits per heavy atom. The third-order valence-corrected chi connectivity index (χ3v) is 10.3. The lowest BCUT2D eigenvalue weighted by Crippen LogP contribution is -2.11. The molecule has 0 amide bonds.